The standard InChI is InChI=1S/C15H14BrClFN/c1-8-4-3-5-10(9(8)2)15(19)11-6-13(17)12(16)7-14(11)18/h3-7,15H,19H2,1-2H3. The highest BCUT2D eigenvalue weighted by Crippen LogP contribution is 2.32. The molecular formula is C15H14BrClFN. The molecule has 1 unspecified atom stereocenters. The van der Waals surface area contributed by atoms with Gasteiger partial charge in [-0.25, -0.2) is 4.39 Å². The molecule has 19 heavy (non-hydrogen) atoms. The quantitative estimate of drug-likeness (QED) is 0.771. The lowest BCUT2D eigenvalue weighted by Crippen LogP contribution is -2.15. The number of aryl methyl sites for hydroxylation is 1. The van der Waals surface area contributed by atoms with Gasteiger partial charge in [0.2, 0.25) is 0 Å². The van der Waals surface area contributed by atoms with Gasteiger partial charge in [0.05, 0.1) is 11.1 Å². The third kappa shape index (κ3) is 2.83. The molecule has 0 aromatic heterocycles. The van der Waals surface area contributed by atoms with Gasteiger partial charge < -0.3 is 5.73 Å². The largest absolute Gasteiger partial charge is 0.320 e. The molecule has 0 fully saturated rings. The van der Waals surface area contributed by atoms with Crippen molar-refractivity contribution in [2.75, 3.05) is 0 Å². The SMILES string of the molecule is Cc1cccc(C(N)c2cc(Cl)c(Br)cc2F)c1C. The second kappa shape index (κ2) is 5.61. The summed E-state index contributed by atoms with van der Waals surface area (Å²) < 4.78 is 14.6. The number of hydrogen-bond acceptors (Lipinski definition) is 1. The number of benzene rings is 2. The number of hydrogen-bond donors (Lipinski definition) is 1. The molecule has 0 radical (unpaired) electrons. The second-order valence-corrected chi connectivity index (χ2v) is 5.82. The summed E-state index contributed by atoms with van der Waals surface area (Å²) in [5.74, 6) is -0.357. The van der Waals surface area contributed by atoms with Crippen LogP contribution in [0.1, 0.15) is 28.3 Å². The van der Waals surface area contributed by atoms with Crippen LogP contribution in [0, 0.1) is 19.7 Å². The van der Waals surface area contributed by atoms with Crippen molar-refractivity contribution in [3.63, 3.8) is 0 Å². The molecule has 0 saturated heterocycles. The molecule has 100 valence electrons. The topological polar surface area (TPSA) is 26.0 Å². The average molecular weight is 343 g/mol. The molecule has 0 spiro atoms. The predicted molar refractivity (Wildman–Crippen MR) is 81.1 cm³/mol. The third-order valence-corrected chi connectivity index (χ3v) is 4.55. The maximum Gasteiger partial charge on any atom is 0.129 e. The Morgan fingerprint density at radius 1 is 1.21 bits per heavy atom. The van der Waals surface area contributed by atoms with E-state index in [1.165, 1.54) is 6.07 Å². The highest BCUT2D eigenvalue weighted by atomic mass is 79.9. The van der Waals surface area contributed by atoms with E-state index in [2.05, 4.69) is 15.9 Å². The van der Waals surface area contributed by atoms with Gasteiger partial charge in [0.25, 0.3) is 0 Å². The zero-order chi connectivity index (χ0) is 14.2. The number of halogens is 3. The molecule has 0 bridgehead atoms. The summed E-state index contributed by atoms with van der Waals surface area (Å²) in [5.41, 5.74) is 9.72. The van der Waals surface area contributed by atoms with Crippen molar-refractivity contribution in [3.05, 3.63) is 67.9 Å². The molecule has 1 atom stereocenters. The normalized spacial score (nSPS) is 12.5. The van der Waals surface area contributed by atoms with Crippen LogP contribution in [0.4, 0.5) is 4.39 Å². The molecule has 0 aliphatic heterocycles. The smallest absolute Gasteiger partial charge is 0.129 e. The first-order valence-corrected chi connectivity index (χ1v) is 7.05. The van der Waals surface area contributed by atoms with Crippen molar-refractivity contribution in [2.24, 2.45) is 5.73 Å². The molecule has 2 aromatic rings. The van der Waals surface area contributed by atoms with Crippen molar-refractivity contribution in [1.82, 2.24) is 0 Å². The van der Waals surface area contributed by atoms with E-state index in [1.807, 2.05) is 32.0 Å². The first kappa shape index (κ1) is 14.5. The van der Waals surface area contributed by atoms with Crippen LogP contribution in [0.5, 0.6) is 0 Å². The van der Waals surface area contributed by atoms with Gasteiger partial charge in [-0.05, 0) is 58.6 Å². The van der Waals surface area contributed by atoms with Gasteiger partial charge in [0.15, 0.2) is 0 Å². The first-order valence-electron chi connectivity index (χ1n) is 5.88. The lowest BCUT2D eigenvalue weighted by Gasteiger charge is -2.18. The van der Waals surface area contributed by atoms with Crippen LogP contribution < -0.4 is 5.73 Å². The second-order valence-electron chi connectivity index (χ2n) is 4.55. The van der Waals surface area contributed by atoms with Gasteiger partial charge in [0, 0.05) is 10.0 Å². The van der Waals surface area contributed by atoms with Crippen molar-refractivity contribution < 1.29 is 4.39 Å². The highest BCUT2D eigenvalue weighted by molar-refractivity contribution is 9.10. The monoisotopic (exact) mass is 341 g/mol. The van der Waals surface area contributed by atoms with E-state index in [4.69, 9.17) is 17.3 Å². The van der Waals surface area contributed by atoms with Gasteiger partial charge in [-0.2, -0.15) is 0 Å². The van der Waals surface area contributed by atoms with Crippen LogP contribution in [0.2, 0.25) is 5.02 Å². The van der Waals surface area contributed by atoms with E-state index in [0.29, 0.717) is 15.1 Å². The summed E-state index contributed by atoms with van der Waals surface area (Å²) in [6, 6.07) is 8.26. The van der Waals surface area contributed by atoms with Crippen molar-refractivity contribution in [2.45, 2.75) is 19.9 Å². The maximum absolute atomic E-state index is 14.0. The molecule has 0 aliphatic rings. The fraction of sp³-hybridized carbons (Fsp3) is 0.200. The van der Waals surface area contributed by atoms with E-state index in [0.717, 1.165) is 16.7 Å². The van der Waals surface area contributed by atoms with E-state index in [-0.39, 0.29) is 5.82 Å². The summed E-state index contributed by atoms with van der Waals surface area (Å²) >= 11 is 9.22. The minimum atomic E-state index is -0.523. The third-order valence-electron chi connectivity index (χ3n) is 3.36. The van der Waals surface area contributed by atoms with Gasteiger partial charge >= 0.3 is 0 Å². The molecule has 2 rings (SSSR count). The first-order chi connectivity index (χ1) is 8.91. The van der Waals surface area contributed by atoms with E-state index in [1.54, 1.807) is 6.07 Å². The van der Waals surface area contributed by atoms with Crippen molar-refractivity contribution in [1.29, 1.82) is 0 Å². The predicted octanol–water partition coefficient (Wildman–Crippen LogP) is 4.91. The summed E-state index contributed by atoms with van der Waals surface area (Å²) in [6.07, 6.45) is 0. The Balaban J connectivity index is 2.53. The molecule has 0 aliphatic carbocycles. The Hall–Kier alpha value is -0.900. The minimum absolute atomic E-state index is 0.357. The highest BCUT2D eigenvalue weighted by Gasteiger charge is 2.17. The summed E-state index contributed by atoms with van der Waals surface area (Å²) in [5, 5.41) is 0.456. The fourth-order valence-corrected chi connectivity index (χ4v) is 2.54. The zero-order valence-electron chi connectivity index (χ0n) is 10.7. The Bertz CT molecular complexity index is 628. The maximum atomic E-state index is 14.0. The molecule has 0 amide bonds. The average Bonchev–Trinajstić information content (AvgIpc) is 2.36. The van der Waals surface area contributed by atoms with Gasteiger partial charge in [0.1, 0.15) is 5.82 Å². The van der Waals surface area contributed by atoms with E-state index >= 15 is 0 Å². The zero-order valence-corrected chi connectivity index (χ0v) is 13.0. The molecule has 2 N–H and O–H groups in total. The van der Waals surface area contributed by atoms with Crippen LogP contribution in [0.3, 0.4) is 0 Å². The minimum Gasteiger partial charge on any atom is -0.320 e. The van der Waals surface area contributed by atoms with Gasteiger partial charge in [-0.15, -0.1) is 0 Å². The van der Waals surface area contributed by atoms with Crippen molar-refractivity contribution in [3.8, 4) is 0 Å². The Labute approximate surface area is 125 Å². The summed E-state index contributed by atoms with van der Waals surface area (Å²) in [7, 11) is 0. The van der Waals surface area contributed by atoms with Gasteiger partial charge in [-0.3, -0.25) is 0 Å². The van der Waals surface area contributed by atoms with Gasteiger partial charge in [-0.1, -0.05) is 29.8 Å². The molecule has 2 aromatic carbocycles. The fourth-order valence-electron chi connectivity index (χ4n) is 2.05. The molecule has 1 nitrogen and oxygen atoms in total. The van der Waals surface area contributed by atoms with Crippen LogP contribution >= 0.6 is 27.5 Å². The van der Waals surface area contributed by atoms with E-state index < -0.39 is 6.04 Å². The Morgan fingerprint density at radius 2 is 1.89 bits per heavy atom. The molecule has 0 heterocycles. The van der Waals surface area contributed by atoms with Crippen molar-refractivity contribution >= 4 is 27.5 Å². The lowest BCUT2D eigenvalue weighted by atomic mass is 9.93. The van der Waals surface area contributed by atoms with Crippen LogP contribution in [0.15, 0.2) is 34.8 Å². The number of nitrogens with two attached hydrogens (primary N) is 1. The lowest BCUT2D eigenvalue weighted by molar-refractivity contribution is 0.598. The van der Waals surface area contributed by atoms with Crippen LogP contribution in [-0.4, -0.2) is 0 Å². The Kier molecular flexibility index (Phi) is 4.29. The molecular weight excluding hydrogens is 329 g/mol. The molecule has 4 heteroatoms. The van der Waals surface area contributed by atoms with Crippen LogP contribution in [-0.2, 0) is 0 Å². The summed E-state index contributed by atoms with van der Waals surface area (Å²) in [4.78, 5) is 0. The van der Waals surface area contributed by atoms with Crippen LogP contribution in [0.25, 0.3) is 0 Å². The van der Waals surface area contributed by atoms with E-state index in [9.17, 15) is 4.39 Å². The molecule has 0 saturated carbocycles. The number of rotatable bonds is 2. The summed E-state index contributed by atoms with van der Waals surface area (Å²) in [6.45, 7) is 4.00. The Morgan fingerprint density at radius 3 is 2.58 bits per heavy atom.